The number of nitro groups is 1. The van der Waals surface area contributed by atoms with Crippen LogP contribution in [-0.4, -0.2) is 34.2 Å². The molecule has 0 N–H and O–H groups in total. The van der Waals surface area contributed by atoms with Gasteiger partial charge in [0.25, 0.3) is 11.6 Å². The SMILES string of the molecule is CCN(CCCBr)C(=O)c1ccc([N+](=O)[O-])c(C)c1. The molecular weight excluding hydrogens is 312 g/mol. The van der Waals surface area contributed by atoms with E-state index in [1.54, 1.807) is 17.9 Å². The van der Waals surface area contributed by atoms with E-state index in [2.05, 4.69) is 15.9 Å². The third-order valence-electron chi connectivity index (χ3n) is 2.87. The molecule has 0 aliphatic carbocycles. The fourth-order valence-corrected chi connectivity index (χ4v) is 2.08. The van der Waals surface area contributed by atoms with Gasteiger partial charge in [0.1, 0.15) is 0 Å². The van der Waals surface area contributed by atoms with Crippen molar-refractivity contribution < 1.29 is 9.72 Å². The van der Waals surface area contributed by atoms with Gasteiger partial charge >= 0.3 is 0 Å². The molecule has 0 unspecified atom stereocenters. The van der Waals surface area contributed by atoms with Gasteiger partial charge in [0.05, 0.1) is 4.92 Å². The number of benzene rings is 1. The van der Waals surface area contributed by atoms with Gasteiger partial charge in [-0.3, -0.25) is 14.9 Å². The van der Waals surface area contributed by atoms with Crippen molar-refractivity contribution in [2.45, 2.75) is 20.3 Å². The number of carbonyl (C=O) groups excluding carboxylic acids is 1. The molecule has 1 aromatic rings. The normalized spacial score (nSPS) is 10.3. The number of aryl methyl sites for hydroxylation is 1. The third kappa shape index (κ3) is 4.02. The molecule has 0 spiro atoms. The molecule has 6 heteroatoms. The zero-order valence-electron chi connectivity index (χ0n) is 11.1. The number of rotatable bonds is 6. The van der Waals surface area contributed by atoms with Gasteiger partial charge in [-0.25, -0.2) is 0 Å². The fraction of sp³-hybridized carbons (Fsp3) is 0.462. The molecule has 0 bridgehead atoms. The number of alkyl halides is 1. The highest BCUT2D eigenvalue weighted by atomic mass is 79.9. The Hall–Kier alpha value is -1.43. The smallest absolute Gasteiger partial charge is 0.272 e. The molecule has 0 atom stereocenters. The van der Waals surface area contributed by atoms with Gasteiger partial charge < -0.3 is 4.90 Å². The summed E-state index contributed by atoms with van der Waals surface area (Å²) in [5, 5.41) is 11.6. The summed E-state index contributed by atoms with van der Waals surface area (Å²) >= 11 is 3.34. The maximum absolute atomic E-state index is 12.3. The summed E-state index contributed by atoms with van der Waals surface area (Å²) in [5.41, 5.74) is 1.05. The molecule has 19 heavy (non-hydrogen) atoms. The minimum Gasteiger partial charge on any atom is -0.339 e. The maximum atomic E-state index is 12.3. The lowest BCUT2D eigenvalue weighted by Gasteiger charge is -2.20. The molecule has 0 saturated heterocycles. The Balaban J connectivity index is 2.93. The number of carbonyl (C=O) groups is 1. The standard InChI is InChI=1S/C13H17BrN2O3/c1-3-15(8-4-7-14)13(17)11-5-6-12(16(18)19)10(2)9-11/h5-6,9H,3-4,7-8H2,1-2H3. The van der Waals surface area contributed by atoms with E-state index in [0.717, 1.165) is 11.8 Å². The topological polar surface area (TPSA) is 63.5 Å². The highest BCUT2D eigenvalue weighted by Crippen LogP contribution is 2.19. The van der Waals surface area contributed by atoms with Crippen molar-refractivity contribution in [2.24, 2.45) is 0 Å². The van der Waals surface area contributed by atoms with Gasteiger partial charge in [0.2, 0.25) is 0 Å². The molecule has 1 rings (SSSR count). The maximum Gasteiger partial charge on any atom is 0.272 e. The Morgan fingerprint density at radius 2 is 2.16 bits per heavy atom. The summed E-state index contributed by atoms with van der Waals surface area (Å²) in [5.74, 6) is -0.0820. The molecule has 0 aliphatic rings. The molecule has 1 amide bonds. The van der Waals surface area contributed by atoms with Gasteiger partial charge in [-0.2, -0.15) is 0 Å². The predicted octanol–water partition coefficient (Wildman–Crippen LogP) is 3.15. The van der Waals surface area contributed by atoms with Crippen LogP contribution in [0.2, 0.25) is 0 Å². The van der Waals surface area contributed by atoms with E-state index >= 15 is 0 Å². The summed E-state index contributed by atoms with van der Waals surface area (Å²) in [4.78, 5) is 24.3. The van der Waals surface area contributed by atoms with E-state index in [0.29, 0.717) is 24.2 Å². The highest BCUT2D eigenvalue weighted by Gasteiger charge is 2.17. The Morgan fingerprint density at radius 3 is 2.63 bits per heavy atom. The number of hydrogen-bond donors (Lipinski definition) is 0. The Bertz CT molecular complexity index is 477. The molecular formula is C13H17BrN2O3. The van der Waals surface area contributed by atoms with Crippen LogP contribution < -0.4 is 0 Å². The van der Waals surface area contributed by atoms with Crippen molar-refractivity contribution in [2.75, 3.05) is 18.4 Å². The first kappa shape index (κ1) is 15.6. The van der Waals surface area contributed by atoms with Crippen molar-refractivity contribution in [1.29, 1.82) is 0 Å². The second kappa shape index (κ2) is 7.23. The van der Waals surface area contributed by atoms with Crippen LogP contribution in [-0.2, 0) is 0 Å². The minimum absolute atomic E-state index is 0.0417. The molecule has 0 fully saturated rings. The number of hydrogen-bond acceptors (Lipinski definition) is 3. The number of halogens is 1. The van der Waals surface area contributed by atoms with Crippen LogP contribution in [0.3, 0.4) is 0 Å². The lowest BCUT2D eigenvalue weighted by Crippen LogP contribution is -2.32. The summed E-state index contributed by atoms with van der Waals surface area (Å²) < 4.78 is 0. The summed E-state index contributed by atoms with van der Waals surface area (Å²) in [6.07, 6.45) is 0.880. The monoisotopic (exact) mass is 328 g/mol. The highest BCUT2D eigenvalue weighted by molar-refractivity contribution is 9.09. The second-order valence-corrected chi connectivity index (χ2v) is 4.98. The zero-order valence-corrected chi connectivity index (χ0v) is 12.6. The van der Waals surface area contributed by atoms with Gasteiger partial charge in [0, 0.05) is 35.6 Å². The summed E-state index contributed by atoms with van der Waals surface area (Å²) in [6.45, 7) is 4.87. The van der Waals surface area contributed by atoms with Gasteiger partial charge in [-0.05, 0) is 32.4 Å². The van der Waals surface area contributed by atoms with Gasteiger partial charge in [-0.1, -0.05) is 15.9 Å². The van der Waals surface area contributed by atoms with Gasteiger partial charge in [0.15, 0.2) is 0 Å². The van der Waals surface area contributed by atoms with Crippen LogP contribution in [0.25, 0.3) is 0 Å². The Morgan fingerprint density at radius 1 is 1.47 bits per heavy atom. The molecule has 0 saturated carbocycles. The van der Waals surface area contributed by atoms with Crippen LogP contribution in [0.15, 0.2) is 18.2 Å². The van der Waals surface area contributed by atoms with Crippen LogP contribution in [0.5, 0.6) is 0 Å². The van der Waals surface area contributed by atoms with Crippen LogP contribution >= 0.6 is 15.9 Å². The molecule has 0 aromatic heterocycles. The first-order chi connectivity index (χ1) is 9.01. The van der Waals surface area contributed by atoms with Crippen LogP contribution in [0.1, 0.15) is 29.3 Å². The number of amides is 1. The average Bonchev–Trinajstić information content (AvgIpc) is 2.38. The van der Waals surface area contributed by atoms with Crippen LogP contribution in [0.4, 0.5) is 5.69 Å². The van der Waals surface area contributed by atoms with Crippen LogP contribution in [0, 0.1) is 17.0 Å². The molecule has 0 heterocycles. The van der Waals surface area contributed by atoms with Crippen molar-refractivity contribution in [3.05, 3.63) is 39.4 Å². The largest absolute Gasteiger partial charge is 0.339 e. The quantitative estimate of drug-likeness (QED) is 0.457. The fourth-order valence-electron chi connectivity index (χ4n) is 1.83. The van der Waals surface area contributed by atoms with E-state index in [-0.39, 0.29) is 11.6 Å². The Kier molecular flexibility index (Phi) is 5.95. The van der Waals surface area contributed by atoms with E-state index in [1.165, 1.54) is 12.1 Å². The number of nitrogens with zero attached hydrogens (tertiary/aromatic N) is 2. The zero-order chi connectivity index (χ0) is 14.4. The van der Waals surface area contributed by atoms with Gasteiger partial charge in [-0.15, -0.1) is 0 Å². The minimum atomic E-state index is -0.438. The first-order valence-corrected chi connectivity index (χ1v) is 7.23. The van der Waals surface area contributed by atoms with Crippen molar-refractivity contribution in [3.63, 3.8) is 0 Å². The van der Waals surface area contributed by atoms with E-state index < -0.39 is 4.92 Å². The molecule has 5 nitrogen and oxygen atoms in total. The number of nitro benzene ring substituents is 1. The first-order valence-electron chi connectivity index (χ1n) is 6.11. The molecule has 104 valence electrons. The molecule has 0 radical (unpaired) electrons. The van der Waals surface area contributed by atoms with Crippen molar-refractivity contribution in [1.82, 2.24) is 4.90 Å². The van der Waals surface area contributed by atoms with Crippen molar-refractivity contribution >= 4 is 27.5 Å². The van der Waals surface area contributed by atoms with E-state index in [9.17, 15) is 14.9 Å². The Labute approximate surface area is 120 Å². The third-order valence-corrected chi connectivity index (χ3v) is 3.43. The second-order valence-electron chi connectivity index (χ2n) is 4.19. The van der Waals surface area contributed by atoms with Crippen molar-refractivity contribution in [3.8, 4) is 0 Å². The predicted molar refractivity (Wildman–Crippen MR) is 77.8 cm³/mol. The molecule has 1 aromatic carbocycles. The lowest BCUT2D eigenvalue weighted by atomic mass is 10.1. The van der Waals surface area contributed by atoms with E-state index in [1.807, 2.05) is 6.92 Å². The lowest BCUT2D eigenvalue weighted by molar-refractivity contribution is -0.385. The van der Waals surface area contributed by atoms with E-state index in [4.69, 9.17) is 0 Å². The summed E-state index contributed by atoms with van der Waals surface area (Å²) in [7, 11) is 0. The average molecular weight is 329 g/mol. The summed E-state index contributed by atoms with van der Waals surface area (Å²) in [6, 6.07) is 4.49. The molecule has 0 aliphatic heterocycles.